The van der Waals surface area contributed by atoms with Gasteiger partial charge in [0.15, 0.2) is 5.49 Å². The largest absolute Gasteiger partial charge is 0.416 e. The summed E-state index contributed by atoms with van der Waals surface area (Å²) >= 11 is 0. The van der Waals surface area contributed by atoms with Crippen molar-refractivity contribution < 1.29 is 18.3 Å². The SMILES string of the molecule is Cc1nc2n3c(c(-c4ccc(=O)n(CCO)c4)cc-2c(=NC(C)c2cccc(C(F)(F)F)c2)n1)NCC3. The highest BCUT2D eigenvalue weighted by Crippen LogP contribution is 2.36. The molecule has 8 nitrogen and oxygen atoms in total. The molecule has 37 heavy (non-hydrogen) atoms. The highest BCUT2D eigenvalue weighted by molar-refractivity contribution is 5.82. The molecule has 0 saturated heterocycles. The fraction of sp³-hybridized carbons (Fsp3) is 0.308. The summed E-state index contributed by atoms with van der Waals surface area (Å²) < 4.78 is 43.2. The quantitative estimate of drug-likeness (QED) is 0.428. The fourth-order valence-electron chi connectivity index (χ4n) is 4.57. The average Bonchev–Trinajstić information content (AvgIpc) is 3.35. The second-order valence-electron chi connectivity index (χ2n) is 8.92. The molecule has 0 bridgehead atoms. The van der Waals surface area contributed by atoms with Gasteiger partial charge < -0.3 is 19.6 Å². The van der Waals surface area contributed by atoms with Gasteiger partial charge in [0.1, 0.15) is 17.5 Å². The summed E-state index contributed by atoms with van der Waals surface area (Å²) in [6, 6.07) is 9.61. The van der Waals surface area contributed by atoms with E-state index in [2.05, 4.69) is 15.3 Å². The minimum Gasteiger partial charge on any atom is -0.395 e. The molecule has 0 spiro atoms. The van der Waals surface area contributed by atoms with Crippen LogP contribution < -0.4 is 16.4 Å². The molecule has 0 saturated carbocycles. The maximum Gasteiger partial charge on any atom is 0.416 e. The molecule has 4 heterocycles. The zero-order chi connectivity index (χ0) is 26.3. The number of hydrogen-bond acceptors (Lipinski definition) is 6. The number of pyridine rings is 2. The van der Waals surface area contributed by atoms with Crippen molar-refractivity contribution >= 4 is 5.82 Å². The summed E-state index contributed by atoms with van der Waals surface area (Å²) in [6.45, 7) is 4.80. The summed E-state index contributed by atoms with van der Waals surface area (Å²) in [5.41, 5.74) is 2.05. The van der Waals surface area contributed by atoms with Gasteiger partial charge >= 0.3 is 6.18 Å². The lowest BCUT2D eigenvalue weighted by atomic mass is 10.0. The van der Waals surface area contributed by atoms with E-state index in [0.717, 1.165) is 29.1 Å². The predicted octanol–water partition coefficient (Wildman–Crippen LogP) is 3.62. The highest BCUT2D eigenvalue weighted by Gasteiger charge is 2.31. The molecule has 0 amide bonds. The molecule has 1 unspecified atom stereocenters. The summed E-state index contributed by atoms with van der Waals surface area (Å²) in [6.07, 6.45) is -2.75. The van der Waals surface area contributed by atoms with Gasteiger partial charge in [-0.15, -0.1) is 0 Å². The summed E-state index contributed by atoms with van der Waals surface area (Å²) in [5.74, 6) is 1.99. The van der Waals surface area contributed by atoms with Crippen molar-refractivity contribution in [3.05, 3.63) is 81.5 Å². The number of anilines is 1. The Bertz CT molecular complexity index is 1570. The van der Waals surface area contributed by atoms with Gasteiger partial charge in [-0.3, -0.25) is 9.79 Å². The second-order valence-corrected chi connectivity index (χ2v) is 8.92. The van der Waals surface area contributed by atoms with Crippen molar-refractivity contribution in [2.75, 3.05) is 18.5 Å². The van der Waals surface area contributed by atoms with Crippen LogP contribution in [0.3, 0.4) is 0 Å². The summed E-state index contributed by atoms with van der Waals surface area (Å²) in [5, 5.41) is 12.7. The standard InChI is InChI=1S/C26H25F3N6O2/c1-15(17-4-3-5-19(12-17)26(27,28)29)31-23-21-13-20(18-6-7-22(37)34(14-18)10-11-36)24-30-8-9-35(24)25(21)33-16(2)32-23/h3-7,12-15,30,36H,8-11H2,1-2H3. The molecule has 1 aromatic heterocycles. The van der Waals surface area contributed by atoms with E-state index in [9.17, 15) is 23.1 Å². The first-order chi connectivity index (χ1) is 17.7. The van der Waals surface area contributed by atoms with Crippen LogP contribution in [0.25, 0.3) is 22.5 Å². The number of aromatic nitrogens is 4. The topological polar surface area (TPSA) is 97.3 Å². The molecule has 2 N–H and O–H groups in total. The van der Waals surface area contributed by atoms with Crippen molar-refractivity contribution in [2.45, 2.75) is 39.2 Å². The van der Waals surface area contributed by atoms with Crippen molar-refractivity contribution in [2.24, 2.45) is 4.99 Å². The first-order valence-corrected chi connectivity index (χ1v) is 11.8. The number of rotatable bonds is 5. The van der Waals surface area contributed by atoms with Gasteiger partial charge in [-0.25, -0.2) is 9.97 Å². The molecule has 5 rings (SSSR count). The van der Waals surface area contributed by atoms with Gasteiger partial charge in [-0.05, 0) is 43.7 Å². The molecule has 2 aromatic rings. The molecule has 0 aliphatic carbocycles. The molecule has 3 aliphatic rings. The van der Waals surface area contributed by atoms with Crippen LogP contribution in [0.15, 0.2) is 58.4 Å². The smallest absolute Gasteiger partial charge is 0.395 e. The van der Waals surface area contributed by atoms with Gasteiger partial charge in [0.05, 0.1) is 23.8 Å². The molecule has 3 aliphatic heterocycles. The number of benzene rings is 1. The number of hydrogen-bond donors (Lipinski definition) is 2. The van der Waals surface area contributed by atoms with Crippen molar-refractivity contribution in [3.63, 3.8) is 0 Å². The molecular formula is C26H25F3N6O2. The predicted molar refractivity (Wildman–Crippen MR) is 132 cm³/mol. The molecular weight excluding hydrogens is 485 g/mol. The maximum absolute atomic E-state index is 13.3. The first-order valence-electron chi connectivity index (χ1n) is 11.8. The van der Waals surface area contributed by atoms with E-state index in [-0.39, 0.29) is 18.7 Å². The van der Waals surface area contributed by atoms with Gasteiger partial charge in [-0.1, -0.05) is 12.1 Å². The Balaban J connectivity index is 1.70. The van der Waals surface area contributed by atoms with Crippen molar-refractivity contribution in [1.82, 2.24) is 19.1 Å². The summed E-state index contributed by atoms with van der Waals surface area (Å²) in [4.78, 5) is 26.1. The van der Waals surface area contributed by atoms with Crippen LogP contribution >= 0.6 is 0 Å². The molecule has 1 atom stereocenters. The maximum atomic E-state index is 13.3. The second kappa shape index (κ2) is 9.47. The lowest BCUT2D eigenvalue weighted by Gasteiger charge is -2.19. The van der Waals surface area contributed by atoms with Crippen LogP contribution in [0.2, 0.25) is 0 Å². The number of halogens is 3. The molecule has 0 fully saturated rings. The highest BCUT2D eigenvalue weighted by atomic mass is 19.4. The lowest BCUT2D eigenvalue weighted by Crippen LogP contribution is -2.22. The summed E-state index contributed by atoms with van der Waals surface area (Å²) in [7, 11) is 0. The minimum atomic E-state index is -4.44. The number of nitrogens with one attached hydrogen (secondary N) is 1. The van der Waals surface area contributed by atoms with Crippen LogP contribution in [0.1, 0.15) is 29.9 Å². The van der Waals surface area contributed by atoms with Crippen LogP contribution in [0, 0.1) is 6.92 Å². The number of alkyl halides is 3. The van der Waals surface area contributed by atoms with E-state index in [0.29, 0.717) is 41.4 Å². The molecule has 1 aromatic carbocycles. The van der Waals surface area contributed by atoms with Crippen LogP contribution in [-0.2, 0) is 19.3 Å². The lowest BCUT2D eigenvalue weighted by molar-refractivity contribution is -0.137. The van der Waals surface area contributed by atoms with Gasteiger partial charge in [0, 0.05) is 43.0 Å². The third-order valence-corrected chi connectivity index (χ3v) is 6.36. The third-order valence-electron chi connectivity index (χ3n) is 6.36. The third kappa shape index (κ3) is 4.74. The van der Waals surface area contributed by atoms with E-state index < -0.39 is 17.8 Å². The fourth-order valence-corrected chi connectivity index (χ4v) is 4.57. The van der Waals surface area contributed by atoms with Crippen molar-refractivity contribution in [1.29, 1.82) is 0 Å². The number of aryl methyl sites for hydroxylation is 1. The Morgan fingerprint density at radius 3 is 2.73 bits per heavy atom. The Morgan fingerprint density at radius 1 is 1.16 bits per heavy atom. The normalized spacial score (nSPS) is 14.6. The van der Waals surface area contributed by atoms with E-state index in [1.54, 1.807) is 32.2 Å². The molecule has 192 valence electrons. The van der Waals surface area contributed by atoms with Gasteiger partial charge in [0.2, 0.25) is 0 Å². The number of fused-ring (bicyclic) bond motifs is 3. The minimum absolute atomic E-state index is 0.167. The van der Waals surface area contributed by atoms with Crippen molar-refractivity contribution in [3.8, 4) is 22.5 Å². The molecule has 0 radical (unpaired) electrons. The Morgan fingerprint density at radius 2 is 1.97 bits per heavy atom. The van der Waals surface area contributed by atoms with Gasteiger partial charge in [-0.2, -0.15) is 13.2 Å². The number of nitrogens with zero attached hydrogens (tertiary/aromatic N) is 5. The zero-order valence-electron chi connectivity index (χ0n) is 20.3. The Kier molecular flexibility index (Phi) is 6.32. The van der Waals surface area contributed by atoms with E-state index >= 15 is 0 Å². The van der Waals surface area contributed by atoms with Crippen LogP contribution in [-0.4, -0.2) is 37.4 Å². The van der Waals surface area contributed by atoms with Gasteiger partial charge in [0.25, 0.3) is 5.56 Å². The van der Waals surface area contributed by atoms with E-state index in [1.807, 2.05) is 10.6 Å². The van der Waals surface area contributed by atoms with E-state index in [4.69, 9.17) is 4.99 Å². The Hall–Kier alpha value is -3.99. The number of aliphatic hydroxyl groups excluding tert-OH is 1. The molecule has 11 heteroatoms. The Labute approximate surface area is 210 Å². The number of aliphatic hydroxyl groups is 1. The average molecular weight is 511 g/mol. The zero-order valence-corrected chi connectivity index (χ0v) is 20.3. The first kappa shape index (κ1) is 24.7. The monoisotopic (exact) mass is 510 g/mol. The van der Waals surface area contributed by atoms with Crippen LogP contribution in [0.4, 0.5) is 19.0 Å². The van der Waals surface area contributed by atoms with Crippen LogP contribution in [0.5, 0.6) is 0 Å². The van der Waals surface area contributed by atoms with E-state index in [1.165, 1.54) is 16.7 Å².